The van der Waals surface area contributed by atoms with Crippen molar-refractivity contribution in [1.29, 1.82) is 0 Å². The number of benzene rings is 2. The fourth-order valence-electron chi connectivity index (χ4n) is 4.12. The molecular weight excluding hydrogens is 406 g/mol. The quantitative estimate of drug-likeness (QED) is 0.611. The first-order valence-electron chi connectivity index (χ1n) is 11.1. The minimum atomic E-state index is 0.0913. The molecule has 0 radical (unpaired) electrons. The van der Waals surface area contributed by atoms with Gasteiger partial charge >= 0.3 is 0 Å². The molecule has 1 amide bonds. The maximum absolute atomic E-state index is 12.4. The summed E-state index contributed by atoms with van der Waals surface area (Å²) in [5.41, 5.74) is 3.61. The van der Waals surface area contributed by atoms with Crippen LogP contribution in [0.1, 0.15) is 16.7 Å². The predicted octanol–water partition coefficient (Wildman–Crippen LogP) is 2.50. The molecule has 0 saturated carbocycles. The van der Waals surface area contributed by atoms with Crippen molar-refractivity contribution in [2.45, 2.75) is 19.9 Å². The van der Waals surface area contributed by atoms with Crippen LogP contribution in [0.4, 0.5) is 0 Å². The Morgan fingerprint density at radius 3 is 2.22 bits per heavy atom. The molecule has 1 fully saturated rings. The van der Waals surface area contributed by atoms with E-state index in [0.29, 0.717) is 30.3 Å². The molecule has 174 valence electrons. The number of rotatable bonds is 10. The molecule has 1 heterocycles. The summed E-state index contributed by atoms with van der Waals surface area (Å²) in [6.45, 7) is 7.50. The Labute approximate surface area is 191 Å². The Morgan fingerprint density at radius 2 is 1.56 bits per heavy atom. The molecule has 1 aliphatic heterocycles. The molecule has 7 heteroatoms. The number of nitrogens with one attached hydrogen (secondary N) is 1. The van der Waals surface area contributed by atoms with Crippen molar-refractivity contribution in [2.75, 3.05) is 60.6 Å². The van der Waals surface area contributed by atoms with E-state index in [4.69, 9.17) is 14.2 Å². The van der Waals surface area contributed by atoms with E-state index in [2.05, 4.69) is 34.2 Å². The van der Waals surface area contributed by atoms with Gasteiger partial charge in [-0.15, -0.1) is 0 Å². The van der Waals surface area contributed by atoms with Gasteiger partial charge in [-0.25, -0.2) is 0 Å². The second-order valence-electron chi connectivity index (χ2n) is 8.07. The third kappa shape index (κ3) is 6.14. The van der Waals surface area contributed by atoms with Gasteiger partial charge in [0.25, 0.3) is 0 Å². The van der Waals surface area contributed by atoms with Gasteiger partial charge in [0.05, 0.1) is 27.9 Å². The summed E-state index contributed by atoms with van der Waals surface area (Å²) in [6, 6.07) is 12.2. The smallest absolute Gasteiger partial charge is 0.234 e. The third-order valence-electron chi connectivity index (χ3n) is 5.99. The van der Waals surface area contributed by atoms with Crippen LogP contribution in [0.15, 0.2) is 36.4 Å². The number of hydrogen-bond donors (Lipinski definition) is 1. The lowest BCUT2D eigenvalue weighted by atomic mass is 10.1. The number of hydrogen-bond acceptors (Lipinski definition) is 6. The fraction of sp³-hybridized carbons (Fsp3) is 0.480. The molecule has 1 N–H and O–H groups in total. The SMILES string of the molecule is COc1ccc(CN2CCN(CC(=O)NCCc3ccccc3C)CC2)c(OC)c1OC. The maximum atomic E-state index is 12.4. The number of aryl methyl sites for hydroxylation is 1. The zero-order valence-corrected chi connectivity index (χ0v) is 19.6. The summed E-state index contributed by atoms with van der Waals surface area (Å²) in [4.78, 5) is 16.9. The molecule has 7 nitrogen and oxygen atoms in total. The van der Waals surface area contributed by atoms with E-state index in [1.807, 2.05) is 24.3 Å². The first-order valence-corrected chi connectivity index (χ1v) is 11.1. The predicted molar refractivity (Wildman–Crippen MR) is 126 cm³/mol. The fourth-order valence-corrected chi connectivity index (χ4v) is 4.12. The standard InChI is InChI=1S/C25H35N3O4/c1-19-7-5-6-8-20(19)11-12-26-23(29)18-28-15-13-27(14-16-28)17-21-9-10-22(30-2)25(32-4)24(21)31-3/h5-10H,11-18H2,1-4H3,(H,26,29). The molecule has 0 bridgehead atoms. The molecule has 0 spiro atoms. The van der Waals surface area contributed by atoms with E-state index in [1.54, 1.807) is 21.3 Å². The van der Waals surface area contributed by atoms with Gasteiger partial charge in [-0.1, -0.05) is 30.3 Å². The highest BCUT2D eigenvalue weighted by Crippen LogP contribution is 2.40. The van der Waals surface area contributed by atoms with Crippen molar-refractivity contribution in [2.24, 2.45) is 0 Å². The van der Waals surface area contributed by atoms with Gasteiger partial charge < -0.3 is 19.5 Å². The molecule has 1 saturated heterocycles. The van der Waals surface area contributed by atoms with Gasteiger partial charge in [0, 0.05) is 44.8 Å². The molecule has 2 aromatic rings. The molecule has 0 aromatic heterocycles. The number of carbonyl (C=O) groups excluding carboxylic acids is 1. The summed E-state index contributed by atoms with van der Waals surface area (Å²) in [7, 11) is 4.89. The van der Waals surface area contributed by atoms with Crippen LogP contribution in [0.2, 0.25) is 0 Å². The van der Waals surface area contributed by atoms with Crippen molar-refractivity contribution >= 4 is 5.91 Å². The molecule has 0 atom stereocenters. The number of ether oxygens (including phenoxy) is 3. The average molecular weight is 442 g/mol. The molecule has 0 unspecified atom stereocenters. The topological polar surface area (TPSA) is 63.3 Å². The van der Waals surface area contributed by atoms with Crippen LogP contribution in [0.5, 0.6) is 17.2 Å². The summed E-state index contributed by atoms with van der Waals surface area (Å²) >= 11 is 0. The monoisotopic (exact) mass is 441 g/mol. The van der Waals surface area contributed by atoms with Crippen LogP contribution < -0.4 is 19.5 Å². The average Bonchev–Trinajstić information content (AvgIpc) is 2.81. The van der Waals surface area contributed by atoms with Crippen molar-refractivity contribution in [3.63, 3.8) is 0 Å². The lowest BCUT2D eigenvalue weighted by molar-refractivity contribution is -0.122. The van der Waals surface area contributed by atoms with E-state index in [-0.39, 0.29) is 5.91 Å². The molecule has 1 aliphatic rings. The third-order valence-corrected chi connectivity index (χ3v) is 5.99. The van der Waals surface area contributed by atoms with E-state index in [0.717, 1.165) is 44.7 Å². The Hall–Kier alpha value is -2.77. The number of amides is 1. The van der Waals surface area contributed by atoms with Crippen LogP contribution >= 0.6 is 0 Å². The van der Waals surface area contributed by atoms with Gasteiger partial charge in [0.1, 0.15) is 0 Å². The van der Waals surface area contributed by atoms with Crippen LogP contribution in [0.25, 0.3) is 0 Å². The van der Waals surface area contributed by atoms with Crippen molar-refractivity contribution < 1.29 is 19.0 Å². The summed E-state index contributed by atoms with van der Waals surface area (Å²) in [5.74, 6) is 2.08. The van der Waals surface area contributed by atoms with Crippen LogP contribution in [0.3, 0.4) is 0 Å². The molecule has 0 aliphatic carbocycles. The first kappa shape index (κ1) is 23.9. The van der Waals surface area contributed by atoms with Gasteiger partial charge in [-0.2, -0.15) is 0 Å². The van der Waals surface area contributed by atoms with Crippen molar-refractivity contribution in [1.82, 2.24) is 15.1 Å². The second-order valence-corrected chi connectivity index (χ2v) is 8.07. The Balaban J connectivity index is 1.44. The lowest BCUT2D eigenvalue weighted by Gasteiger charge is -2.34. The van der Waals surface area contributed by atoms with Gasteiger partial charge in [-0.3, -0.25) is 14.6 Å². The summed E-state index contributed by atoms with van der Waals surface area (Å²) in [6.07, 6.45) is 0.860. The van der Waals surface area contributed by atoms with Crippen LogP contribution in [-0.2, 0) is 17.8 Å². The lowest BCUT2D eigenvalue weighted by Crippen LogP contribution is -2.49. The Morgan fingerprint density at radius 1 is 0.875 bits per heavy atom. The number of piperazine rings is 1. The zero-order chi connectivity index (χ0) is 22.9. The van der Waals surface area contributed by atoms with Gasteiger partial charge in [-0.05, 0) is 30.5 Å². The van der Waals surface area contributed by atoms with Crippen LogP contribution in [0, 0.1) is 6.92 Å². The van der Waals surface area contributed by atoms with Gasteiger partial charge in [0.2, 0.25) is 11.7 Å². The van der Waals surface area contributed by atoms with E-state index >= 15 is 0 Å². The molecule has 3 rings (SSSR count). The first-order chi connectivity index (χ1) is 15.5. The highest BCUT2D eigenvalue weighted by Gasteiger charge is 2.22. The number of methoxy groups -OCH3 is 3. The molecule has 2 aromatic carbocycles. The normalized spacial score (nSPS) is 14.8. The summed E-state index contributed by atoms with van der Waals surface area (Å²) in [5, 5.41) is 3.06. The van der Waals surface area contributed by atoms with Crippen LogP contribution in [-0.4, -0.2) is 76.3 Å². The van der Waals surface area contributed by atoms with E-state index in [1.165, 1.54) is 11.1 Å². The highest BCUT2D eigenvalue weighted by molar-refractivity contribution is 5.78. The highest BCUT2D eigenvalue weighted by atomic mass is 16.5. The summed E-state index contributed by atoms with van der Waals surface area (Å²) < 4.78 is 16.5. The van der Waals surface area contributed by atoms with Gasteiger partial charge in [0.15, 0.2) is 11.5 Å². The van der Waals surface area contributed by atoms with Crippen molar-refractivity contribution in [3.05, 3.63) is 53.1 Å². The number of carbonyl (C=O) groups is 1. The van der Waals surface area contributed by atoms with Crippen molar-refractivity contribution in [3.8, 4) is 17.2 Å². The van der Waals surface area contributed by atoms with E-state index < -0.39 is 0 Å². The minimum absolute atomic E-state index is 0.0913. The second kappa shape index (κ2) is 11.7. The molecule has 32 heavy (non-hydrogen) atoms. The molecular formula is C25H35N3O4. The maximum Gasteiger partial charge on any atom is 0.234 e. The zero-order valence-electron chi connectivity index (χ0n) is 19.6. The minimum Gasteiger partial charge on any atom is -0.493 e. The Bertz CT molecular complexity index is 895. The largest absolute Gasteiger partial charge is 0.493 e. The number of nitrogens with zero attached hydrogens (tertiary/aromatic N) is 2. The Kier molecular flexibility index (Phi) is 8.76. The van der Waals surface area contributed by atoms with E-state index in [9.17, 15) is 4.79 Å².